The number of fused-ring (bicyclic) bond motifs is 2. The van der Waals surface area contributed by atoms with Crippen LogP contribution >= 0.6 is 23.0 Å². The SMILES string of the molecule is CP(=O)(O)CN1CCN(C[P+](=O)O)Cc2cccc(n2)CN(CP(=O)(O)O)CC1. The number of pyridine rings is 1. The third-order valence-electron chi connectivity index (χ3n) is 4.27. The molecule has 2 rings (SSSR count). The summed E-state index contributed by atoms with van der Waals surface area (Å²) >= 11 is 0. The normalized spacial score (nSPS) is 21.1. The van der Waals surface area contributed by atoms with Gasteiger partial charge >= 0.3 is 15.6 Å². The van der Waals surface area contributed by atoms with E-state index < -0.39 is 29.3 Å². The van der Waals surface area contributed by atoms with Crippen molar-refractivity contribution in [3.63, 3.8) is 0 Å². The van der Waals surface area contributed by atoms with E-state index in [9.17, 15) is 33.3 Å². The summed E-state index contributed by atoms with van der Waals surface area (Å²) in [5, 5.41) is 0. The third-order valence-corrected chi connectivity index (χ3v) is 6.60. The van der Waals surface area contributed by atoms with Gasteiger partial charge in [-0.2, -0.15) is 4.89 Å². The Kier molecular flexibility index (Phi) is 9.06. The molecule has 4 N–H and O–H groups in total. The summed E-state index contributed by atoms with van der Waals surface area (Å²) in [4.78, 5) is 47.5. The molecule has 0 fully saturated rings. The Bertz CT molecular complexity index is 800. The zero-order chi connectivity index (χ0) is 21.7. The number of aromatic nitrogens is 1. The van der Waals surface area contributed by atoms with Crippen LogP contribution in [0.25, 0.3) is 0 Å². The topological polar surface area (TPSA) is 155 Å². The zero-order valence-electron chi connectivity index (χ0n) is 16.2. The highest BCUT2D eigenvalue weighted by Gasteiger charge is 2.25. The van der Waals surface area contributed by atoms with Crippen LogP contribution < -0.4 is 0 Å². The largest absolute Gasteiger partial charge is 0.521 e. The van der Waals surface area contributed by atoms with E-state index in [1.54, 1.807) is 32.9 Å². The first kappa shape index (κ1) is 24.7. The van der Waals surface area contributed by atoms with E-state index in [1.807, 2.05) is 0 Å². The van der Waals surface area contributed by atoms with E-state index in [-0.39, 0.29) is 25.7 Å². The second kappa shape index (κ2) is 10.6. The van der Waals surface area contributed by atoms with Crippen LogP contribution in [0, 0.1) is 0 Å². The van der Waals surface area contributed by atoms with Crippen molar-refractivity contribution in [1.29, 1.82) is 0 Å². The quantitative estimate of drug-likeness (QED) is 0.435. The van der Waals surface area contributed by atoms with Crippen molar-refractivity contribution in [3.05, 3.63) is 29.6 Å². The molecule has 0 spiro atoms. The molecule has 0 aromatic carbocycles. The maximum atomic E-state index is 11.9. The van der Waals surface area contributed by atoms with Crippen molar-refractivity contribution in [1.82, 2.24) is 19.7 Å². The molecule has 1 aliphatic rings. The van der Waals surface area contributed by atoms with Gasteiger partial charge in [-0.3, -0.25) is 28.8 Å². The fourth-order valence-corrected chi connectivity index (χ4v) is 5.56. The van der Waals surface area contributed by atoms with Gasteiger partial charge in [0.25, 0.3) is 0 Å². The molecule has 1 aliphatic heterocycles. The van der Waals surface area contributed by atoms with Gasteiger partial charge in [-0.15, -0.1) is 0 Å². The molecule has 0 radical (unpaired) electrons. The van der Waals surface area contributed by atoms with Crippen LogP contribution in [-0.2, 0) is 26.8 Å². The summed E-state index contributed by atoms with van der Waals surface area (Å²) in [6.45, 7) is 3.13. The van der Waals surface area contributed by atoms with E-state index in [1.165, 1.54) is 6.66 Å². The molecule has 1 aromatic rings. The molecule has 2 heterocycles. The third kappa shape index (κ3) is 10.3. The first-order valence-electron chi connectivity index (χ1n) is 8.99. The molecule has 29 heavy (non-hydrogen) atoms. The first-order chi connectivity index (χ1) is 13.4. The van der Waals surface area contributed by atoms with Crippen molar-refractivity contribution in [2.75, 3.05) is 51.7 Å². The van der Waals surface area contributed by atoms with Gasteiger partial charge in [0.2, 0.25) is 13.7 Å². The highest BCUT2D eigenvalue weighted by atomic mass is 31.2. The van der Waals surface area contributed by atoms with Crippen LogP contribution in [0.2, 0.25) is 0 Å². The van der Waals surface area contributed by atoms with Crippen molar-refractivity contribution in [2.45, 2.75) is 13.1 Å². The summed E-state index contributed by atoms with van der Waals surface area (Å²) in [5.74, 6) is 0. The molecule has 14 heteroatoms. The molecule has 0 saturated carbocycles. The lowest BCUT2D eigenvalue weighted by Crippen LogP contribution is -2.40. The van der Waals surface area contributed by atoms with Crippen LogP contribution in [0.4, 0.5) is 0 Å². The fourth-order valence-electron chi connectivity index (χ4n) is 3.18. The molecule has 11 nitrogen and oxygen atoms in total. The lowest BCUT2D eigenvalue weighted by Gasteiger charge is -2.30. The Morgan fingerprint density at radius 3 is 2.00 bits per heavy atom. The molecule has 2 bridgehead atoms. The van der Waals surface area contributed by atoms with Crippen molar-refractivity contribution >= 4 is 23.0 Å². The predicted octanol–water partition coefficient (Wildman–Crippen LogP) is 0.686. The van der Waals surface area contributed by atoms with Crippen molar-refractivity contribution in [3.8, 4) is 0 Å². The Labute approximate surface area is 170 Å². The zero-order valence-corrected chi connectivity index (χ0v) is 18.9. The van der Waals surface area contributed by atoms with E-state index in [4.69, 9.17) is 0 Å². The number of nitrogens with zero attached hydrogens (tertiary/aromatic N) is 4. The number of rotatable bonds is 6. The molecule has 0 amide bonds. The Hall–Kier alpha value is -0.570. The maximum absolute atomic E-state index is 11.9. The van der Waals surface area contributed by atoms with Gasteiger partial charge in [-0.05, 0) is 16.7 Å². The predicted molar refractivity (Wildman–Crippen MR) is 109 cm³/mol. The van der Waals surface area contributed by atoms with E-state index in [0.29, 0.717) is 37.6 Å². The van der Waals surface area contributed by atoms with Gasteiger partial charge in [0.1, 0.15) is 6.29 Å². The summed E-state index contributed by atoms with van der Waals surface area (Å²) in [7, 11) is -10.0. The molecule has 164 valence electrons. The van der Waals surface area contributed by atoms with Crippen LogP contribution in [0.15, 0.2) is 18.2 Å². The molecule has 2 unspecified atom stereocenters. The van der Waals surface area contributed by atoms with Gasteiger partial charge in [0.15, 0.2) is 0 Å². The summed E-state index contributed by atoms with van der Waals surface area (Å²) in [6, 6.07) is 5.33. The molecule has 1 aromatic heterocycles. The highest BCUT2D eigenvalue weighted by Crippen LogP contribution is 2.37. The van der Waals surface area contributed by atoms with Crippen LogP contribution in [0.5, 0.6) is 0 Å². The second-order valence-corrected chi connectivity index (χ2v) is 12.3. The van der Waals surface area contributed by atoms with Crippen molar-refractivity contribution in [2.24, 2.45) is 0 Å². The van der Waals surface area contributed by atoms with Gasteiger partial charge in [-0.25, -0.2) is 0 Å². The minimum absolute atomic E-state index is 0.0394. The lowest BCUT2D eigenvalue weighted by atomic mass is 10.2. The van der Waals surface area contributed by atoms with E-state index in [2.05, 4.69) is 4.98 Å². The standard InChI is InChI=1S/C15H27N4O7P3/c1-28(22,23)12-17-5-7-18(11-27(20)21)9-14-3-2-4-15(16-14)10-19(8-6-17)13-29(24,25)26/h2-4H,5-13H2,1H3,(H3-,20,21,22,23,24,25,26)/p+1. The molecular formula is C15H28N4O7P3+. The van der Waals surface area contributed by atoms with Crippen LogP contribution in [-0.4, -0.2) is 91.0 Å². The monoisotopic (exact) mass is 469 g/mol. The number of hydrogen-bond acceptors (Lipinski definition) is 7. The van der Waals surface area contributed by atoms with Crippen LogP contribution in [0.3, 0.4) is 0 Å². The van der Waals surface area contributed by atoms with Gasteiger partial charge in [-0.1, -0.05) is 6.07 Å². The Balaban J connectivity index is 2.29. The van der Waals surface area contributed by atoms with Crippen molar-refractivity contribution < 1.29 is 33.3 Å². The maximum Gasteiger partial charge on any atom is 0.521 e. The molecular weight excluding hydrogens is 441 g/mol. The van der Waals surface area contributed by atoms with Gasteiger partial charge in [0, 0.05) is 45.9 Å². The minimum atomic E-state index is -4.29. The Morgan fingerprint density at radius 1 is 0.966 bits per heavy atom. The number of hydrogen-bond donors (Lipinski definition) is 4. The fraction of sp³-hybridized carbons (Fsp3) is 0.667. The minimum Gasteiger partial charge on any atom is -0.344 e. The van der Waals surface area contributed by atoms with Crippen LogP contribution in [0.1, 0.15) is 11.4 Å². The summed E-state index contributed by atoms with van der Waals surface area (Å²) in [6.07, 6.45) is -0.547. The average molecular weight is 469 g/mol. The first-order valence-corrected chi connectivity index (χ1v) is 14.5. The Morgan fingerprint density at radius 2 is 1.48 bits per heavy atom. The van der Waals surface area contributed by atoms with Gasteiger partial charge < -0.3 is 14.7 Å². The lowest BCUT2D eigenvalue weighted by molar-refractivity contribution is 0.189. The second-order valence-electron chi connectivity index (χ2n) is 7.34. The molecule has 0 saturated heterocycles. The average Bonchev–Trinajstić information content (AvgIpc) is 2.53. The highest BCUT2D eigenvalue weighted by molar-refractivity contribution is 7.57. The smallest absolute Gasteiger partial charge is 0.344 e. The molecule has 2 atom stereocenters. The summed E-state index contributed by atoms with van der Waals surface area (Å²) < 4.78 is 34.8. The molecule has 0 aliphatic carbocycles. The van der Waals surface area contributed by atoms with E-state index in [0.717, 1.165) is 0 Å². The van der Waals surface area contributed by atoms with E-state index >= 15 is 0 Å². The van der Waals surface area contributed by atoms with Gasteiger partial charge in [0.05, 0.1) is 17.7 Å². The summed E-state index contributed by atoms with van der Waals surface area (Å²) in [5.41, 5.74) is 1.30.